The number of hydrogen-bond acceptors (Lipinski definition) is 5. The molecule has 0 unspecified atom stereocenters. The highest BCUT2D eigenvalue weighted by molar-refractivity contribution is 7.22. The van der Waals surface area contributed by atoms with E-state index in [1.54, 1.807) is 6.92 Å². The van der Waals surface area contributed by atoms with Crippen molar-refractivity contribution >= 4 is 49.8 Å². The summed E-state index contributed by atoms with van der Waals surface area (Å²) in [6, 6.07) is 7.93. The second kappa shape index (κ2) is 8.06. The maximum Gasteiger partial charge on any atom is 0.277 e. The molecule has 0 saturated heterocycles. The first-order valence-corrected chi connectivity index (χ1v) is 9.86. The van der Waals surface area contributed by atoms with Crippen molar-refractivity contribution < 1.29 is 0 Å². The van der Waals surface area contributed by atoms with E-state index in [9.17, 15) is 4.79 Å². The van der Waals surface area contributed by atoms with Crippen LogP contribution in [0.3, 0.4) is 0 Å². The predicted molar refractivity (Wildman–Crippen MR) is 115 cm³/mol. The van der Waals surface area contributed by atoms with Crippen molar-refractivity contribution in [1.29, 1.82) is 0 Å². The maximum absolute atomic E-state index is 13.1. The van der Waals surface area contributed by atoms with E-state index in [-0.39, 0.29) is 5.56 Å². The van der Waals surface area contributed by atoms with Crippen LogP contribution in [0.25, 0.3) is 16.0 Å². The monoisotopic (exact) mass is 400 g/mol. The van der Waals surface area contributed by atoms with Gasteiger partial charge in [0.05, 0.1) is 5.70 Å². The van der Waals surface area contributed by atoms with Gasteiger partial charge in [-0.15, -0.1) is 0 Å². The number of anilines is 2. The van der Waals surface area contributed by atoms with Crippen molar-refractivity contribution in [2.45, 2.75) is 34.1 Å². The summed E-state index contributed by atoms with van der Waals surface area (Å²) in [5.74, 6) is 0. The molecular formula is C20H21ClN4OS. The Labute approximate surface area is 167 Å². The average Bonchev–Trinajstić information content (AvgIpc) is 3.03. The van der Waals surface area contributed by atoms with Crippen molar-refractivity contribution in [3.63, 3.8) is 0 Å². The Morgan fingerprint density at radius 2 is 2.07 bits per heavy atom. The number of aryl methyl sites for hydroxylation is 1. The minimum Gasteiger partial charge on any atom is -0.331 e. The standard InChI is InChI=1S/C20H21ClN4OS/c1-5-8-13(3)16(14(4)21)25-11-22-18-17(19(25)26)27-20(24-18)23-15-10-7-6-9-12(15)2/h6-11H,5H2,1-4H3,(H,23,24)/b13-8-,16-14-. The summed E-state index contributed by atoms with van der Waals surface area (Å²) in [4.78, 5) is 21.9. The van der Waals surface area contributed by atoms with Gasteiger partial charge in [-0.25, -0.2) is 4.98 Å². The fourth-order valence-corrected chi connectivity index (χ4v) is 3.99. The Bertz CT molecular complexity index is 1110. The lowest BCUT2D eigenvalue weighted by Gasteiger charge is -2.12. The zero-order chi connectivity index (χ0) is 19.6. The van der Waals surface area contributed by atoms with Crippen LogP contribution in [0.5, 0.6) is 0 Å². The average molecular weight is 401 g/mol. The summed E-state index contributed by atoms with van der Waals surface area (Å²) < 4.78 is 2.00. The van der Waals surface area contributed by atoms with E-state index in [4.69, 9.17) is 11.6 Å². The third kappa shape index (κ3) is 3.96. The molecule has 0 bridgehead atoms. The molecule has 0 radical (unpaired) electrons. The fraction of sp³-hybridized carbons (Fsp3) is 0.250. The molecule has 0 aliphatic rings. The molecule has 3 aromatic rings. The van der Waals surface area contributed by atoms with Crippen LogP contribution in [-0.4, -0.2) is 14.5 Å². The van der Waals surface area contributed by atoms with Gasteiger partial charge in [0.15, 0.2) is 10.8 Å². The topological polar surface area (TPSA) is 59.8 Å². The molecule has 2 heterocycles. The van der Waals surface area contributed by atoms with Crippen molar-refractivity contribution in [1.82, 2.24) is 14.5 Å². The molecule has 2 aromatic heterocycles. The third-order valence-electron chi connectivity index (χ3n) is 4.16. The summed E-state index contributed by atoms with van der Waals surface area (Å²) in [6.45, 7) is 7.78. The molecule has 0 saturated carbocycles. The number of halogens is 1. The van der Waals surface area contributed by atoms with E-state index < -0.39 is 0 Å². The second-order valence-electron chi connectivity index (χ2n) is 6.21. The summed E-state index contributed by atoms with van der Waals surface area (Å²) in [5, 5.41) is 4.45. The van der Waals surface area contributed by atoms with Gasteiger partial charge in [0.2, 0.25) is 0 Å². The number of nitrogens with zero attached hydrogens (tertiary/aromatic N) is 3. The van der Waals surface area contributed by atoms with Gasteiger partial charge in [-0.05, 0) is 44.4 Å². The molecule has 0 amide bonds. The van der Waals surface area contributed by atoms with Crippen molar-refractivity contribution in [2.75, 3.05) is 5.32 Å². The van der Waals surface area contributed by atoms with Crippen LogP contribution in [-0.2, 0) is 0 Å². The highest BCUT2D eigenvalue weighted by Gasteiger charge is 2.15. The van der Waals surface area contributed by atoms with E-state index in [1.165, 1.54) is 22.2 Å². The minimum atomic E-state index is -0.172. The highest BCUT2D eigenvalue weighted by Crippen LogP contribution is 2.28. The summed E-state index contributed by atoms with van der Waals surface area (Å²) in [6.07, 6.45) is 4.39. The quantitative estimate of drug-likeness (QED) is 0.559. The number of hydrogen-bond donors (Lipinski definition) is 1. The molecule has 5 nitrogen and oxygen atoms in total. The van der Waals surface area contributed by atoms with Gasteiger partial charge >= 0.3 is 0 Å². The lowest BCUT2D eigenvalue weighted by Crippen LogP contribution is -2.20. The molecule has 0 fully saturated rings. The van der Waals surface area contributed by atoms with Gasteiger partial charge in [-0.1, -0.05) is 54.1 Å². The zero-order valence-corrected chi connectivity index (χ0v) is 17.3. The Kier molecular flexibility index (Phi) is 5.77. The van der Waals surface area contributed by atoms with E-state index in [2.05, 4.69) is 15.3 Å². The molecule has 0 atom stereocenters. The van der Waals surface area contributed by atoms with E-state index in [0.29, 0.717) is 26.2 Å². The first kappa shape index (κ1) is 19.3. The third-order valence-corrected chi connectivity index (χ3v) is 5.28. The zero-order valence-electron chi connectivity index (χ0n) is 15.7. The van der Waals surface area contributed by atoms with Crippen molar-refractivity contribution in [3.05, 3.63) is 63.2 Å². The maximum atomic E-state index is 13.1. The number of benzene rings is 1. The van der Waals surface area contributed by atoms with Crippen LogP contribution in [0.1, 0.15) is 32.8 Å². The smallest absolute Gasteiger partial charge is 0.277 e. The molecule has 140 valence electrons. The number of nitrogens with one attached hydrogen (secondary N) is 1. The number of allylic oxidation sites excluding steroid dienone is 4. The summed E-state index contributed by atoms with van der Waals surface area (Å²) >= 11 is 7.58. The number of aromatic nitrogens is 3. The van der Waals surface area contributed by atoms with Crippen LogP contribution in [0.4, 0.5) is 10.8 Å². The minimum absolute atomic E-state index is 0.172. The van der Waals surface area contributed by atoms with Crippen LogP contribution in [0, 0.1) is 6.92 Å². The summed E-state index contributed by atoms with van der Waals surface area (Å²) in [7, 11) is 0. The number of para-hydroxylation sites is 1. The lowest BCUT2D eigenvalue weighted by atomic mass is 10.1. The molecule has 1 N–H and O–H groups in total. The largest absolute Gasteiger partial charge is 0.331 e. The molecule has 0 spiro atoms. The molecule has 27 heavy (non-hydrogen) atoms. The van der Waals surface area contributed by atoms with Gasteiger partial charge < -0.3 is 5.32 Å². The Hall–Kier alpha value is -2.44. The Balaban J connectivity index is 2.08. The highest BCUT2D eigenvalue weighted by atomic mass is 35.5. The Morgan fingerprint density at radius 1 is 1.33 bits per heavy atom. The molecule has 0 aliphatic heterocycles. The van der Waals surface area contributed by atoms with Crippen molar-refractivity contribution in [3.8, 4) is 0 Å². The summed E-state index contributed by atoms with van der Waals surface area (Å²) in [5.41, 5.74) is 3.92. The van der Waals surface area contributed by atoms with E-state index in [0.717, 1.165) is 23.2 Å². The van der Waals surface area contributed by atoms with Gasteiger partial charge in [0.1, 0.15) is 11.0 Å². The van der Waals surface area contributed by atoms with Gasteiger partial charge in [-0.2, -0.15) is 4.98 Å². The number of thiazole rings is 1. The molecule has 1 aromatic carbocycles. The van der Waals surface area contributed by atoms with Crippen LogP contribution < -0.4 is 10.9 Å². The van der Waals surface area contributed by atoms with Crippen molar-refractivity contribution in [2.24, 2.45) is 0 Å². The second-order valence-corrected chi connectivity index (χ2v) is 7.77. The first-order valence-electron chi connectivity index (χ1n) is 8.67. The SMILES string of the molecule is CC/C=C(C)\C(=C(/C)Cl)n1cnc2nc(Nc3ccccc3C)sc2c1=O. The number of fused-ring (bicyclic) bond motifs is 1. The van der Waals surface area contributed by atoms with E-state index >= 15 is 0 Å². The fourth-order valence-electron chi connectivity index (χ4n) is 2.88. The lowest BCUT2D eigenvalue weighted by molar-refractivity contribution is 0.972. The molecule has 0 aliphatic carbocycles. The van der Waals surface area contributed by atoms with Crippen LogP contribution in [0.2, 0.25) is 0 Å². The first-order chi connectivity index (χ1) is 12.9. The molecule has 3 rings (SSSR count). The van der Waals surface area contributed by atoms with Crippen LogP contribution in [0.15, 0.2) is 52.1 Å². The normalized spacial score (nSPS) is 13.0. The predicted octanol–water partition coefficient (Wildman–Crippen LogP) is 5.69. The van der Waals surface area contributed by atoms with Gasteiger partial charge in [-0.3, -0.25) is 9.36 Å². The van der Waals surface area contributed by atoms with Crippen LogP contribution >= 0.6 is 22.9 Å². The molecule has 7 heteroatoms. The van der Waals surface area contributed by atoms with E-state index in [1.807, 2.05) is 51.1 Å². The van der Waals surface area contributed by atoms with Gasteiger partial charge in [0.25, 0.3) is 5.56 Å². The van der Waals surface area contributed by atoms with Gasteiger partial charge in [0, 0.05) is 10.7 Å². The molecular weight excluding hydrogens is 380 g/mol. The Morgan fingerprint density at radius 3 is 2.74 bits per heavy atom. The number of rotatable bonds is 5.